The van der Waals surface area contributed by atoms with Gasteiger partial charge in [0, 0.05) is 5.92 Å². The molecule has 2 aliphatic carbocycles. The van der Waals surface area contributed by atoms with E-state index < -0.39 is 23.5 Å². The zero-order valence-electron chi connectivity index (χ0n) is 22.0. The fourth-order valence-electron chi connectivity index (χ4n) is 5.17. The number of anilines is 1. The van der Waals surface area contributed by atoms with Crippen molar-refractivity contribution in [2.75, 3.05) is 5.32 Å². The van der Waals surface area contributed by atoms with Gasteiger partial charge >= 0.3 is 5.97 Å². The Morgan fingerprint density at radius 2 is 2.03 bits per heavy atom. The van der Waals surface area contributed by atoms with Gasteiger partial charge in [0.05, 0.1) is 24.0 Å². The van der Waals surface area contributed by atoms with Crippen LogP contribution in [-0.4, -0.2) is 61.0 Å². The summed E-state index contributed by atoms with van der Waals surface area (Å²) in [6, 6.07) is 0. The number of amides is 1. The normalized spacial score (nSPS) is 27.5. The molecular weight excluding hydrogens is 462 g/mol. The van der Waals surface area contributed by atoms with Gasteiger partial charge in [-0.25, -0.2) is 0 Å². The summed E-state index contributed by atoms with van der Waals surface area (Å²) in [4.78, 5) is 25.0. The minimum absolute atomic E-state index is 0.0373. The second-order valence-corrected chi connectivity index (χ2v) is 11.1. The van der Waals surface area contributed by atoms with Crippen molar-refractivity contribution in [3.8, 4) is 0 Å². The van der Waals surface area contributed by atoms with E-state index in [2.05, 4.69) is 58.0 Å². The quantitative estimate of drug-likeness (QED) is 0.336. The molecule has 10 heteroatoms. The van der Waals surface area contributed by atoms with Crippen molar-refractivity contribution >= 4 is 17.8 Å². The van der Waals surface area contributed by atoms with Gasteiger partial charge in [-0.1, -0.05) is 44.1 Å². The lowest BCUT2D eigenvalue weighted by Gasteiger charge is -2.44. The third-order valence-electron chi connectivity index (χ3n) is 7.69. The molecule has 4 N–H and O–H groups in total. The van der Waals surface area contributed by atoms with Gasteiger partial charge in [-0.3, -0.25) is 14.9 Å². The number of hydrogen-bond acceptors (Lipinski definition) is 8. The van der Waals surface area contributed by atoms with E-state index in [-0.39, 0.29) is 48.6 Å². The van der Waals surface area contributed by atoms with E-state index in [9.17, 15) is 19.8 Å². The van der Waals surface area contributed by atoms with Crippen molar-refractivity contribution in [3.63, 3.8) is 0 Å². The van der Waals surface area contributed by atoms with Crippen LogP contribution in [0.4, 0.5) is 5.95 Å². The summed E-state index contributed by atoms with van der Waals surface area (Å²) >= 11 is 0. The molecule has 0 radical (unpaired) electrons. The van der Waals surface area contributed by atoms with Crippen molar-refractivity contribution in [3.05, 3.63) is 23.8 Å². The minimum Gasteiger partial charge on any atom is -0.461 e. The van der Waals surface area contributed by atoms with Crippen LogP contribution in [0.15, 0.2) is 23.8 Å². The lowest BCUT2D eigenvalue weighted by Crippen LogP contribution is -2.43. The summed E-state index contributed by atoms with van der Waals surface area (Å²) in [5, 5.41) is 36.3. The average Bonchev–Trinajstić information content (AvgIpc) is 3.31. The Balaban J connectivity index is 1.60. The summed E-state index contributed by atoms with van der Waals surface area (Å²) in [5.41, 5.74) is 0.676. The molecule has 7 atom stereocenters. The number of carbonyl (C=O) groups is 2. The highest BCUT2D eigenvalue weighted by Crippen LogP contribution is 2.45. The number of allylic oxidation sites excluding steroid dienone is 3. The van der Waals surface area contributed by atoms with E-state index in [0.717, 1.165) is 12.8 Å². The molecule has 0 bridgehead atoms. The first-order chi connectivity index (χ1) is 17.0. The van der Waals surface area contributed by atoms with Gasteiger partial charge in [0.2, 0.25) is 5.91 Å². The second-order valence-electron chi connectivity index (χ2n) is 11.1. The fourth-order valence-corrected chi connectivity index (χ4v) is 5.17. The first kappa shape index (κ1) is 28.0. The summed E-state index contributed by atoms with van der Waals surface area (Å²) in [7, 11) is 0. The minimum atomic E-state index is -0.994. The van der Waals surface area contributed by atoms with Crippen LogP contribution in [-0.2, 0) is 14.3 Å². The summed E-state index contributed by atoms with van der Waals surface area (Å²) in [6.07, 6.45) is 7.29. The number of esters is 1. The molecule has 0 saturated heterocycles. The largest absolute Gasteiger partial charge is 0.461 e. The molecule has 0 aromatic carbocycles. The topological polar surface area (TPSA) is 150 Å². The Hall–Kier alpha value is -2.59. The number of rotatable bonds is 11. The van der Waals surface area contributed by atoms with Crippen LogP contribution >= 0.6 is 0 Å². The van der Waals surface area contributed by atoms with Gasteiger partial charge in [-0.05, 0) is 74.5 Å². The first-order valence-electron chi connectivity index (χ1n) is 13.0. The molecule has 0 unspecified atom stereocenters. The van der Waals surface area contributed by atoms with Crippen LogP contribution in [0.5, 0.6) is 0 Å². The fraction of sp³-hybridized carbons (Fsp3) is 0.731. The van der Waals surface area contributed by atoms with Gasteiger partial charge in [-0.2, -0.15) is 5.21 Å². The number of H-pyrrole nitrogens is 1. The smallest absolute Gasteiger partial charge is 0.311 e. The van der Waals surface area contributed by atoms with Crippen molar-refractivity contribution < 1.29 is 24.5 Å². The molecule has 2 aliphatic rings. The number of ether oxygens (including phenoxy) is 1. The highest BCUT2D eigenvalue weighted by atomic mass is 16.5. The lowest BCUT2D eigenvalue weighted by atomic mass is 9.65. The molecule has 0 saturated carbocycles. The Kier molecular flexibility index (Phi) is 9.41. The van der Waals surface area contributed by atoms with E-state index in [1.165, 1.54) is 5.57 Å². The molecule has 10 nitrogen and oxygen atoms in total. The van der Waals surface area contributed by atoms with Crippen molar-refractivity contribution in [2.45, 2.75) is 91.5 Å². The standard InChI is InChI=1S/C26H41N5O5/c1-6-26(4,5)24(35)36-21-12-15(2)11-17-8-7-16(3)20(23(17)21)10-9-18(32)13-19(33)14-22(34)27-25-28-30-31-29-25/h7-8,11,15-16,18-21,23,32-33H,6,9-10,12-14H2,1-5H3,(H2,27,28,29,30,31,34)/t15-,16-,18+,19+,20-,21-,23-/m0/s1. The lowest BCUT2D eigenvalue weighted by molar-refractivity contribution is -0.164. The van der Waals surface area contributed by atoms with Gasteiger partial charge in [0.15, 0.2) is 0 Å². The van der Waals surface area contributed by atoms with Crippen molar-refractivity contribution in [2.24, 2.45) is 29.1 Å². The number of aromatic amines is 1. The van der Waals surface area contributed by atoms with E-state index >= 15 is 0 Å². The van der Waals surface area contributed by atoms with E-state index in [1.54, 1.807) is 0 Å². The van der Waals surface area contributed by atoms with Crippen LogP contribution in [0.2, 0.25) is 0 Å². The Labute approximate surface area is 213 Å². The number of aliphatic hydroxyl groups is 2. The number of carbonyl (C=O) groups excluding carboxylic acids is 2. The average molecular weight is 504 g/mol. The number of nitrogens with zero attached hydrogens (tertiary/aromatic N) is 3. The number of nitrogens with one attached hydrogen (secondary N) is 2. The maximum absolute atomic E-state index is 12.9. The molecule has 3 rings (SSSR count). The second kappa shape index (κ2) is 12.1. The molecule has 0 spiro atoms. The Bertz CT molecular complexity index is 945. The highest BCUT2D eigenvalue weighted by molar-refractivity contribution is 5.89. The zero-order valence-corrected chi connectivity index (χ0v) is 22.0. The van der Waals surface area contributed by atoms with E-state index in [1.807, 2.05) is 20.8 Å². The van der Waals surface area contributed by atoms with Gasteiger partial charge < -0.3 is 14.9 Å². The molecule has 36 heavy (non-hydrogen) atoms. The van der Waals surface area contributed by atoms with Gasteiger partial charge in [0.25, 0.3) is 5.95 Å². The molecule has 200 valence electrons. The van der Waals surface area contributed by atoms with Crippen molar-refractivity contribution in [1.82, 2.24) is 20.6 Å². The van der Waals surface area contributed by atoms with E-state index in [0.29, 0.717) is 18.8 Å². The molecule has 0 aliphatic heterocycles. The van der Waals surface area contributed by atoms with Gasteiger partial charge in [-0.15, -0.1) is 5.10 Å². The molecule has 1 amide bonds. The molecular formula is C26H41N5O5. The number of aromatic nitrogens is 4. The predicted molar refractivity (Wildman–Crippen MR) is 134 cm³/mol. The molecule has 1 heterocycles. The molecule has 1 aromatic heterocycles. The van der Waals surface area contributed by atoms with Crippen LogP contribution in [0, 0.1) is 29.1 Å². The highest BCUT2D eigenvalue weighted by Gasteiger charge is 2.42. The van der Waals surface area contributed by atoms with Gasteiger partial charge in [0.1, 0.15) is 6.10 Å². The third-order valence-corrected chi connectivity index (χ3v) is 7.69. The summed E-state index contributed by atoms with van der Waals surface area (Å²) < 4.78 is 6.15. The monoisotopic (exact) mass is 503 g/mol. The maximum Gasteiger partial charge on any atom is 0.311 e. The zero-order chi connectivity index (χ0) is 26.5. The van der Waals surface area contributed by atoms with Crippen LogP contribution in [0.3, 0.4) is 0 Å². The van der Waals surface area contributed by atoms with Crippen molar-refractivity contribution in [1.29, 1.82) is 0 Å². The van der Waals surface area contributed by atoms with Crippen LogP contribution in [0.25, 0.3) is 0 Å². The third kappa shape index (κ3) is 7.22. The number of aliphatic hydroxyl groups excluding tert-OH is 2. The first-order valence-corrected chi connectivity index (χ1v) is 13.0. The Morgan fingerprint density at radius 3 is 2.69 bits per heavy atom. The van der Waals surface area contributed by atoms with Crippen LogP contribution < -0.4 is 5.32 Å². The number of tetrazole rings is 1. The molecule has 0 fully saturated rings. The summed E-state index contributed by atoms with van der Waals surface area (Å²) in [5.74, 6) is 0.283. The number of fused-ring (bicyclic) bond motifs is 1. The van der Waals surface area contributed by atoms with Crippen LogP contribution in [0.1, 0.15) is 73.1 Å². The molecule has 1 aromatic rings. The predicted octanol–water partition coefficient (Wildman–Crippen LogP) is 3.17. The SMILES string of the molecule is CCC(C)(C)C(=O)O[C@H]1C[C@@H](C)C=C2C=C[C@H](C)[C@H](CC[C@@H](O)C[C@@H](O)CC(=O)Nc3nn[nH]n3)[C@H]21. The number of hydrogen-bond donors (Lipinski definition) is 4. The summed E-state index contributed by atoms with van der Waals surface area (Å²) in [6.45, 7) is 10.1. The maximum atomic E-state index is 12.9. The Morgan fingerprint density at radius 1 is 1.28 bits per heavy atom. The van der Waals surface area contributed by atoms with E-state index in [4.69, 9.17) is 4.74 Å².